The van der Waals surface area contributed by atoms with E-state index in [1.807, 2.05) is 18.7 Å². The van der Waals surface area contributed by atoms with Crippen LogP contribution >= 0.6 is 11.6 Å². The van der Waals surface area contributed by atoms with Crippen LogP contribution in [0.3, 0.4) is 0 Å². The summed E-state index contributed by atoms with van der Waals surface area (Å²) in [6.07, 6.45) is 0. The molecular formula is C15H21ClN6O2. The number of hydrogen-bond acceptors (Lipinski definition) is 5. The summed E-state index contributed by atoms with van der Waals surface area (Å²) in [5.41, 5.74) is 3.35. The molecule has 0 saturated carbocycles. The Hall–Kier alpha value is -1.90. The molecule has 0 unspecified atom stereocenters. The molecule has 3 rings (SSSR count). The number of carbonyl (C=O) groups excluding carboxylic acids is 1. The van der Waals surface area contributed by atoms with Crippen molar-refractivity contribution in [3.8, 4) is 0 Å². The minimum Gasteiger partial charge on any atom is -0.395 e. The summed E-state index contributed by atoms with van der Waals surface area (Å²) < 4.78 is 3.55. The molecule has 0 spiro atoms. The number of carbonyl (C=O) groups is 1. The molecule has 0 fully saturated rings. The van der Waals surface area contributed by atoms with E-state index in [0.29, 0.717) is 17.4 Å². The second-order valence-corrected chi connectivity index (χ2v) is 6.27. The van der Waals surface area contributed by atoms with Crippen LogP contribution in [0.2, 0.25) is 5.15 Å². The van der Waals surface area contributed by atoms with Gasteiger partial charge in [-0.2, -0.15) is 10.2 Å². The molecule has 2 N–H and O–H groups in total. The van der Waals surface area contributed by atoms with Gasteiger partial charge in [0.1, 0.15) is 10.8 Å². The predicted molar refractivity (Wildman–Crippen MR) is 88.7 cm³/mol. The van der Waals surface area contributed by atoms with Crippen LogP contribution in [0.5, 0.6) is 0 Å². The summed E-state index contributed by atoms with van der Waals surface area (Å²) in [6, 6.07) is 1.80. The zero-order valence-corrected chi connectivity index (χ0v) is 14.5. The maximum absolute atomic E-state index is 11.9. The number of aliphatic hydroxyl groups excluding tert-OH is 1. The van der Waals surface area contributed by atoms with Crippen LogP contribution in [-0.4, -0.2) is 55.2 Å². The van der Waals surface area contributed by atoms with Crippen LogP contribution in [0, 0.1) is 6.92 Å². The third kappa shape index (κ3) is 3.31. The lowest BCUT2D eigenvalue weighted by Gasteiger charge is -2.27. The van der Waals surface area contributed by atoms with Crippen LogP contribution in [0.4, 0.5) is 0 Å². The molecule has 9 heteroatoms. The van der Waals surface area contributed by atoms with Gasteiger partial charge in [-0.25, -0.2) is 0 Å². The minimum atomic E-state index is -0.261. The number of nitrogens with zero attached hydrogens (tertiary/aromatic N) is 5. The van der Waals surface area contributed by atoms with E-state index in [2.05, 4.69) is 20.4 Å². The van der Waals surface area contributed by atoms with Gasteiger partial charge in [-0.3, -0.25) is 19.1 Å². The molecule has 130 valence electrons. The van der Waals surface area contributed by atoms with Crippen LogP contribution < -0.4 is 5.32 Å². The number of aromatic nitrogens is 4. The van der Waals surface area contributed by atoms with Crippen LogP contribution in [0.25, 0.3) is 0 Å². The molecule has 24 heavy (non-hydrogen) atoms. The van der Waals surface area contributed by atoms with Crippen molar-refractivity contribution in [2.45, 2.75) is 26.6 Å². The third-order valence-electron chi connectivity index (χ3n) is 4.16. The zero-order chi connectivity index (χ0) is 17.3. The fourth-order valence-electron chi connectivity index (χ4n) is 2.90. The number of fused-ring (bicyclic) bond motifs is 1. The summed E-state index contributed by atoms with van der Waals surface area (Å²) in [7, 11) is 1.83. The third-order valence-corrected chi connectivity index (χ3v) is 4.63. The normalized spacial score (nSPS) is 14.7. The molecule has 2 aromatic heterocycles. The highest BCUT2D eigenvalue weighted by Gasteiger charge is 2.23. The molecule has 1 amide bonds. The number of aryl methyl sites for hydroxylation is 2. The molecule has 2 aromatic rings. The number of hydrogen-bond donors (Lipinski definition) is 2. The Morgan fingerprint density at radius 1 is 1.42 bits per heavy atom. The van der Waals surface area contributed by atoms with Crippen molar-refractivity contribution in [1.29, 1.82) is 0 Å². The van der Waals surface area contributed by atoms with Crippen molar-refractivity contribution in [3.63, 3.8) is 0 Å². The molecule has 0 saturated heterocycles. The Morgan fingerprint density at radius 3 is 2.88 bits per heavy atom. The first-order valence-corrected chi connectivity index (χ1v) is 8.23. The van der Waals surface area contributed by atoms with Crippen molar-refractivity contribution >= 4 is 17.5 Å². The zero-order valence-electron chi connectivity index (χ0n) is 13.8. The molecule has 3 heterocycles. The number of rotatable bonds is 5. The average Bonchev–Trinajstić information content (AvgIpc) is 3.09. The Bertz CT molecular complexity index is 753. The fourth-order valence-corrected chi connectivity index (χ4v) is 3.14. The Morgan fingerprint density at radius 2 is 2.21 bits per heavy atom. The van der Waals surface area contributed by atoms with Gasteiger partial charge in [-0.1, -0.05) is 11.6 Å². The molecule has 0 radical (unpaired) electrons. The first kappa shape index (κ1) is 16.9. The van der Waals surface area contributed by atoms with Gasteiger partial charge in [0.15, 0.2) is 0 Å². The maximum Gasteiger partial charge on any atom is 0.271 e. The lowest BCUT2D eigenvalue weighted by Crippen LogP contribution is -2.33. The monoisotopic (exact) mass is 352 g/mol. The largest absolute Gasteiger partial charge is 0.395 e. The van der Waals surface area contributed by atoms with Crippen LogP contribution in [0.15, 0.2) is 6.07 Å². The van der Waals surface area contributed by atoms with E-state index in [1.54, 1.807) is 10.7 Å². The Kier molecular flexibility index (Phi) is 4.88. The fraction of sp³-hybridized carbons (Fsp3) is 0.533. The second-order valence-electron chi connectivity index (χ2n) is 5.91. The smallest absolute Gasteiger partial charge is 0.271 e. The summed E-state index contributed by atoms with van der Waals surface area (Å²) in [4.78, 5) is 14.2. The van der Waals surface area contributed by atoms with Crippen molar-refractivity contribution in [1.82, 2.24) is 29.8 Å². The van der Waals surface area contributed by atoms with Gasteiger partial charge in [0.25, 0.3) is 5.91 Å². The summed E-state index contributed by atoms with van der Waals surface area (Å²) >= 11 is 6.31. The van der Waals surface area contributed by atoms with Gasteiger partial charge in [-0.05, 0) is 13.0 Å². The molecule has 0 aliphatic carbocycles. The maximum atomic E-state index is 11.9. The molecule has 0 aromatic carbocycles. The van der Waals surface area contributed by atoms with E-state index in [9.17, 15) is 4.79 Å². The SMILES string of the molecule is Cc1nn(C)c(Cl)c1CN1CCn2nc(C(=O)NCCO)cc2C1. The van der Waals surface area contributed by atoms with E-state index in [4.69, 9.17) is 16.7 Å². The van der Waals surface area contributed by atoms with Crippen molar-refractivity contribution in [2.75, 3.05) is 19.7 Å². The topological polar surface area (TPSA) is 88.2 Å². The van der Waals surface area contributed by atoms with E-state index in [-0.39, 0.29) is 19.1 Å². The van der Waals surface area contributed by atoms with E-state index >= 15 is 0 Å². The van der Waals surface area contributed by atoms with Crippen molar-refractivity contribution < 1.29 is 9.90 Å². The number of nitrogens with one attached hydrogen (secondary N) is 1. The molecule has 0 atom stereocenters. The Labute approximate surface area is 145 Å². The minimum absolute atomic E-state index is 0.0850. The van der Waals surface area contributed by atoms with Crippen molar-refractivity contribution in [2.24, 2.45) is 7.05 Å². The highest BCUT2D eigenvalue weighted by molar-refractivity contribution is 6.30. The van der Waals surface area contributed by atoms with Crippen LogP contribution in [-0.2, 0) is 26.7 Å². The van der Waals surface area contributed by atoms with Crippen molar-refractivity contribution in [3.05, 3.63) is 33.9 Å². The van der Waals surface area contributed by atoms with Gasteiger partial charge in [0.05, 0.1) is 24.5 Å². The summed E-state index contributed by atoms with van der Waals surface area (Å²) in [5, 5.41) is 20.7. The predicted octanol–water partition coefficient (Wildman–Crippen LogP) is 0.316. The number of amides is 1. The van der Waals surface area contributed by atoms with E-state index < -0.39 is 0 Å². The molecule has 0 bridgehead atoms. The summed E-state index contributed by atoms with van der Waals surface area (Å²) in [6.45, 7) is 5.07. The highest BCUT2D eigenvalue weighted by Crippen LogP contribution is 2.23. The lowest BCUT2D eigenvalue weighted by molar-refractivity contribution is 0.0938. The first-order chi connectivity index (χ1) is 11.5. The van der Waals surface area contributed by atoms with Gasteiger partial charge >= 0.3 is 0 Å². The van der Waals surface area contributed by atoms with E-state index in [1.165, 1.54) is 0 Å². The number of aliphatic hydroxyl groups is 1. The van der Waals surface area contributed by atoms with Gasteiger partial charge in [0.2, 0.25) is 0 Å². The first-order valence-electron chi connectivity index (χ1n) is 7.85. The second kappa shape index (κ2) is 6.92. The molecule has 1 aliphatic heterocycles. The van der Waals surface area contributed by atoms with E-state index in [0.717, 1.165) is 36.6 Å². The molecular weight excluding hydrogens is 332 g/mol. The van der Waals surface area contributed by atoms with Crippen LogP contribution in [0.1, 0.15) is 27.4 Å². The molecule has 1 aliphatic rings. The highest BCUT2D eigenvalue weighted by atomic mass is 35.5. The van der Waals surface area contributed by atoms with Gasteiger partial charge < -0.3 is 10.4 Å². The Balaban J connectivity index is 1.70. The van der Waals surface area contributed by atoms with Gasteiger partial charge in [-0.15, -0.1) is 0 Å². The molecule has 8 nitrogen and oxygen atoms in total. The van der Waals surface area contributed by atoms with Gasteiger partial charge in [0, 0.05) is 38.8 Å². The standard InChI is InChI=1S/C15H21ClN6O2/c1-10-12(14(16)20(2)18-10)9-21-4-5-22-11(8-21)7-13(19-22)15(24)17-3-6-23/h7,23H,3-6,8-9H2,1-2H3,(H,17,24). The average molecular weight is 353 g/mol. The number of halogens is 1. The lowest BCUT2D eigenvalue weighted by atomic mass is 10.2. The quantitative estimate of drug-likeness (QED) is 0.809. The summed E-state index contributed by atoms with van der Waals surface area (Å²) in [5.74, 6) is -0.261.